The molecule has 0 aliphatic carbocycles. The molecule has 0 amide bonds. The fourth-order valence-electron chi connectivity index (χ4n) is 1.56. The van der Waals surface area contributed by atoms with Crippen LogP contribution in [0.4, 0.5) is 0 Å². The van der Waals surface area contributed by atoms with Crippen LogP contribution >= 0.6 is 0 Å². The van der Waals surface area contributed by atoms with Gasteiger partial charge in [-0.05, 0) is 20.3 Å². The fraction of sp³-hybridized carbons (Fsp3) is 1.00. The second kappa shape index (κ2) is 3.52. The molecule has 11 heavy (non-hydrogen) atoms. The van der Waals surface area contributed by atoms with Gasteiger partial charge < -0.3 is 5.73 Å². The predicted octanol–water partition coefficient (Wildman–Crippen LogP) is 0.275. The summed E-state index contributed by atoms with van der Waals surface area (Å²) in [6.07, 6.45) is 1.12. The van der Waals surface area contributed by atoms with Crippen LogP contribution in [-0.2, 0) is 0 Å². The zero-order valence-electron chi connectivity index (χ0n) is 7.75. The lowest BCUT2D eigenvalue weighted by atomic mass is 10.1. The molecule has 1 rings (SSSR count). The van der Waals surface area contributed by atoms with E-state index in [0.717, 1.165) is 19.5 Å². The summed E-state index contributed by atoms with van der Waals surface area (Å²) < 4.78 is 0. The highest BCUT2D eigenvalue weighted by atomic mass is 15.6. The van der Waals surface area contributed by atoms with Crippen LogP contribution in [0.2, 0.25) is 0 Å². The monoisotopic (exact) mass is 157 g/mol. The Labute approximate surface area is 69.1 Å². The number of hydrazine groups is 1. The van der Waals surface area contributed by atoms with Crippen LogP contribution in [-0.4, -0.2) is 42.2 Å². The van der Waals surface area contributed by atoms with Crippen LogP contribution in [0.1, 0.15) is 20.3 Å². The standard InChI is InChI=1S/C8H19N3/c1-7(2)11-6-8(9)4-5-10(11)3/h7-8H,4-6,9H2,1-3H3. The van der Waals surface area contributed by atoms with Gasteiger partial charge in [0.2, 0.25) is 0 Å². The molecule has 0 aromatic heterocycles. The number of nitrogens with zero attached hydrogens (tertiary/aromatic N) is 2. The average Bonchev–Trinajstić information content (AvgIpc) is 1.94. The number of hydrogen-bond donors (Lipinski definition) is 1. The molecule has 0 radical (unpaired) electrons. The van der Waals surface area contributed by atoms with Crippen molar-refractivity contribution in [3.63, 3.8) is 0 Å². The van der Waals surface area contributed by atoms with Gasteiger partial charge in [-0.1, -0.05) is 0 Å². The van der Waals surface area contributed by atoms with Gasteiger partial charge in [-0.25, -0.2) is 10.0 Å². The molecule has 1 aliphatic heterocycles. The maximum absolute atomic E-state index is 5.86. The van der Waals surface area contributed by atoms with Crippen LogP contribution in [0.25, 0.3) is 0 Å². The minimum absolute atomic E-state index is 0.369. The first-order valence-electron chi connectivity index (χ1n) is 4.34. The summed E-state index contributed by atoms with van der Waals surface area (Å²) in [4.78, 5) is 0. The lowest BCUT2D eigenvalue weighted by Crippen LogP contribution is -2.55. The summed E-state index contributed by atoms with van der Waals surface area (Å²) in [5.74, 6) is 0. The van der Waals surface area contributed by atoms with Crippen molar-refractivity contribution in [1.29, 1.82) is 0 Å². The van der Waals surface area contributed by atoms with Gasteiger partial charge in [0.1, 0.15) is 0 Å². The van der Waals surface area contributed by atoms with E-state index < -0.39 is 0 Å². The molecular formula is C8H19N3. The van der Waals surface area contributed by atoms with Crippen molar-refractivity contribution in [1.82, 2.24) is 10.0 Å². The third-order valence-electron chi connectivity index (χ3n) is 2.28. The SMILES string of the molecule is CC(C)N1CC(N)CCN1C. The summed E-state index contributed by atoms with van der Waals surface area (Å²) >= 11 is 0. The van der Waals surface area contributed by atoms with E-state index in [2.05, 4.69) is 30.9 Å². The van der Waals surface area contributed by atoms with E-state index >= 15 is 0 Å². The highest BCUT2D eigenvalue weighted by Gasteiger charge is 2.22. The van der Waals surface area contributed by atoms with E-state index in [1.54, 1.807) is 0 Å². The Balaban J connectivity index is 2.47. The first kappa shape index (κ1) is 8.97. The summed E-state index contributed by atoms with van der Waals surface area (Å²) in [5.41, 5.74) is 5.86. The highest BCUT2D eigenvalue weighted by molar-refractivity contribution is 4.75. The molecule has 1 atom stereocenters. The lowest BCUT2D eigenvalue weighted by Gasteiger charge is -2.41. The van der Waals surface area contributed by atoms with E-state index in [4.69, 9.17) is 5.73 Å². The lowest BCUT2D eigenvalue weighted by molar-refractivity contribution is -0.0589. The van der Waals surface area contributed by atoms with Crippen molar-refractivity contribution in [3.8, 4) is 0 Å². The van der Waals surface area contributed by atoms with Gasteiger partial charge in [0.15, 0.2) is 0 Å². The Morgan fingerprint density at radius 3 is 2.55 bits per heavy atom. The second-order valence-electron chi connectivity index (χ2n) is 3.65. The molecule has 3 heteroatoms. The molecule has 0 aromatic carbocycles. The number of rotatable bonds is 1. The Morgan fingerprint density at radius 1 is 1.45 bits per heavy atom. The Morgan fingerprint density at radius 2 is 2.09 bits per heavy atom. The first-order valence-corrected chi connectivity index (χ1v) is 4.34. The summed E-state index contributed by atoms with van der Waals surface area (Å²) in [6.45, 7) is 6.51. The minimum Gasteiger partial charge on any atom is -0.326 e. The van der Waals surface area contributed by atoms with E-state index in [0.29, 0.717) is 12.1 Å². The van der Waals surface area contributed by atoms with Gasteiger partial charge in [0.05, 0.1) is 0 Å². The van der Waals surface area contributed by atoms with Crippen molar-refractivity contribution < 1.29 is 0 Å². The molecule has 0 saturated carbocycles. The third kappa shape index (κ3) is 2.15. The molecule has 1 fully saturated rings. The third-order valence-corrected chi connectivity index (χ3v) is 2.28. The summed E-state index contributed by atoms with van der Waals surface area (Å²) in [6, 6.07) is 0.944. The van der Waals surface area contributed by atoms with E-state index in [1.165, 1.54) is 0 Å². The summed E-state index contributed by atoms with van der Waals surface area (Å²) in [5, 5.41) is 4.60. The molecule has 3 nitrogen and oxygen atoms in total. The van der Waals surface area contributed by atoms with Gasteiger partial charge in [-0.2, -0.15) is 0 Å². The normalized spacial score (nSPS) is 29.7. The minimum atomic E-state index is 0.369. The molecular weight excluding hydrogens is 138 g/mol. The number of hydrogen-bond acceptors (Lipinski definition) is 3. The Bertz CT molecular complexity index is 125. The zero-order valence-corrected chi connectivity index (χ0v) is 7.75. The first-order chi connectivity index (χ1) is 5.11. The molecule has 2 N–H and O–H groups in total. The largest absolute Gasteiger partial charge is 0.326 e. The van der Waals surface area contributed by atoms with Crippen LogP contribution in [0.15, 0.2) is 0 Å². The molecule has 0 spiro atoms. The van der Waals surface area contributed by atoms with Crippen molar-refractivity contribution >= 4 is 0 Å². The van der Waals surface area contributed by atoms with Gasteiger partial charge >= 0.3 is 0 Å². The van der Waals surface area contributed by atoms with Crippen LogP contribution in [0.5, 0.6) is 0 Å². The zero-order chi connectivity index (χ0) is 8.43. The van der Waals surface area contributed by atoms with Gasteiger partial charge in [-0.3, -0.25) is 0 Å². The van der Waals surface area contributed by atoms with Crippen LogP contribution in [0.3, 0.4) is 0 Å². The smallest absolute Gasteiger partial charge is 0.0288 e. The van der Waals surface area contributed by atoms with Crippen molar-refractivity contribution in [2.24, 2.45) is 5.73 Å². The summed E-state index contributed by atoms with van der Waals surface area (Å²) in [7, 11) is 2.13. The molecule has 1 heterocycles. The maximum atomic E-state index is 5.86. The Hall–Kier alpha value is -0.120. The topological polar surface area (TPSA) is 32.5 Å². The molecule has 1 unspecified atom stereocenters. The second-order valence-corrected chi connectivity index (χ2v) is 3.65. The van der Waals surface area contributed by atoms with Crippen LogP contribution < -0.4 is 5.73 Å². The van der Waals surface area contributed by atoms with Crippen molar-refractivity contribution in [3.05, 3.63) is 0 Å². The molecule has 1 aliphatic rings. The molecule has 0 bridgehead atoms. The Kier molecular flexibility index (Phi) is 2.87. The van der Waals surface area contributed by atoms with Gasteiger partial charge in [-0.15, -0.1) is 0 Å². The molecule has 1 saturated heterocycles. The van der Waals surface area contributed by atoms with Crippen molar-refractivity contribution in [2.45, 2.75) is 32.4 Å². The van der Waals surface area contributed by atoms with Gasteiger partial charge in [0.25, 0.3) is 0 Å². The van der Waals surface area contributed by atoms with E-state index in [1.807, 2.05) is 0 Å². The van der Waals surface area contributed by atoms with Crippen LogP contribution in [0, 0.1) is 0 Å². The highest BCUT2D eigenvalue weighted by Crippen LogP contribution is 2.10. The quantitative estimate of drug-likeness (QED) is 0.593. The van der Waals surface area contributed by atoms with E-state index in [9.17, 15) is 0 Å². The average molecular weight is 157 g/mol. The number of nitrogens with two attached hydrogens (primary N) is 1. The predicted molar refractivity (Wildman–Crippen MR) is 47.1 cm³/mol. The molecule has 66 valence electrons. The van der Waals surface area contributed by atoms with Gasteiger partial charge in [0, 0.05) is 32.2 Å². The fourth-order valence-corrected chi connectivity index (χ4v) is 1.56. The molecule has 0 aromatic rings. The maximum Gasteiger partial charge on any atom is 0.0288 e. The van der Waals surface area contributed by atoms with E-state index in [-0.39, 0.29) is 0 Å². The van der Waals surface area contributed by atoms with Crippen molar-refractivity contribution in [2.75, 3.05) is 20.1 Å².